The lowest BCUT2D eigenvalue weighted by molar-refractivity contribution is -0.132. The maximum absolute atomic E-state index is 12.1. The van der Waals surface area contributed by atoms with Crippen LogP contribution in [0.25, 0.3) is 0 Å². The summed E-state index contributed by atoms with van der Waals surface area (Å²) in [5, 5.41) is 5.29. The molecule has 1 aliphatic rings. The van der Waals surface area contributed by atoms with Gasteiger partial charge in [0.1, 0.15) is 18.2 Å². The van der Waals surface area contributed by atoms with E-state index in [1.165, 1.54) is 0 Å². The molecule has 0 aliphatic carbocycles. The molecule has 0 aromatic rings. The van der Waals surface area contributed by atoms with E-state index < -0.39 is 17.7 Å². The van der Waals surface area contributed by atoms with Crippen molar-refractivity contribution in [2.45, 2.75) is 38.8 Å². The Kier molecular flexibility index (Phi) is 5.75. The molecule has 1 fully saturated rings. The minimum absolute atomic E-state index is 0.0813. The lowest BCUT2D eigenvalue weighted by atomic mass is 10.1. The second kappa shape index (κ2) is 7.10. The van der Waals surface area contributed by atoms with Gasteiger partial charge in [-0.1, -0.05) is 6.08 Å². The van der Waals surface area contributed by atoms with Crippen LogP contribution in [0.1, 0.15) is 27.2 Å². The largest absolute Gasteiger partial charge is 0.444 e. The van der Waals surface area contributed by atoms with E-state index in [1.807, 2.05) is 0 Å². The maximum atomic E-state index is 12.1. The van der Waals surface area contributed by atoms with Gasteiger partial charge in [0.15, 0.2) is 0 Å². The third-order valence-corrected chi connectivity index (χ3v) is 2.76. The first-order valence-electron chi connectivity index (χ1n) is 6.89. The van der Waals surface area contributed by atoms with Crippen molar-refractivity contribution >= 4 is 17.9 Å². The standard InChI is InChI=1S/C14H23N3O4/c1-5-6-7-15-12(19)10-8-16-11(18)9-17(10)13(20)21-14(2,3)4/h5,10H,1,6-9H2,2-4H3,(H,15,19)(H,16,18). The Morgan fingerprint density at radius 1 is 1.52 bits per heavy atom. The first-order valence-corrected chi connectivity index (χ1v) is 6.89. The van der Waals surface area contributed by atoms with Gasteiger partial charge in [-0.15, -0.1) is 6.58 Å². The molecule has 0 saturated carbocycles. The first kappa shape index (κ1) is 17.0. The molecule has 1 atom stereocenters. The molecule has 1 unspecified atom stereocenters. The summed E-state index contributed by atoms with van der Waals surface area (Å²) in [4.78, 5) is 36.9. The van der Waals surface area contributed by atoms with Crippen molar-refractivity contribution in [1.82, 2.24) is 15.5 Å². The minimum atomic E-state index is -0.762. The zero-order chi connectivity index (χ0) is 16.0. The van der Waals surface area contributed by atoms with Crippen LogP contribution in [0.15, 0.2) is 12.7 Å². The first-order chi connectivity index (χ1) is 9.74. The molecule has 0 radical (unpaired) electrons. The molecule has 1 aliphatic heterocycles. The Bertz CT molecular complexity index is 428. The number of carbonyl (C=O) groups is 3. The van der Waals surface area contributed by atoms with Crippen molar-refractivity contribution in [2.75, 3.05) is 19.6 Å². The van der Waals surface area contributed by atoms with Crippen LogP contribution < -0.4 is 10.6 Å². The smallest absolute Gasteiger partial charge is 0.411 e. The van der Waals surface area contributed by atoms with E-state index in [0.29, 0.717) is 13.0 Å². The summed E-state index contributed by atoms with van der Waals surface area (Å²) in [5.41, 5.74) is -0.686. The van der Waals surface area contributed by atoms with Crippen LogP contribution in [-0.2, 0) is 14.3 Å². The molecule has 7 nitrogen and oxygen atoms in total. The number of nitrogens with one attached hydrogen (secondary N) is 2. The van der Waals surface area contributed by atoms with E-state index in [-0.39, 0.29) is 24.9 Å². The van der Waals surface area contributed by atoms with Gasteiger partial charge in [-0.2, -0.15) is 0 Å². The molecule has 21 heavy (non-hydrogen) atoms. The fourth-order valence-corrected chi connectivity index (χ4v) is 1.80. The third kappa shape index (κ3) is 5.45. The molecule has 1 heterocycles. The zero-order valence-corrected chi connectivity index (χ0v) is 12.8. The maximum Gasteiger partial charge on any atom is 0.411 e. The number of ether oxygens (including phenoxy) is 1. The van der Waals surface area contributed by atoms with Crippen LogP contribution in [-0.4, -0.2) is 54.1 Å². The Hall–Kier alpha value is -2.05. The topological polar surface area (TPSA) is 87.7 Å². The van der Waals surface area contributed by atoms with E-state index in [0.717, 1.165) is 4.90 Å². The van der Waals surface area contributed by atoms with Crippen LogP contribution in [0.5, 0.6) is 0 Å². The number of carbonyl (C=O) groups excluding carboxylic acids is 3. The van der Waals surface area contributed by atoms with Crippen molar-refractivity contribution in [1.29, 1.82) is 0 Å². The summed E-state index contributed by atoms with van der Waals surface area (Å²) < 4.78 is 5.24. The molecule has 2 N–H and O–H groups in total. The molecule has 0 aromatic heterocycles. The van der Waals surface area contributed by atoms with Gasteiger partial charge in [0.05, 0.1) is 0 Å². The van der Waals surface area contributed by atoms with Gasteiger partial charge in [0.25, 0.3) is 0 Å². The van der Waals surface area contributed by atoms with Crippen molar-refractivity contribution in [2.24, 2.45) is 0 Å². The molecular formula is C14H23N3O4. The lowest BCUT2D eigenvalue weighted by Crippen LogP contribution is -2.62. The highest BCUT2D eigenvalue weighted by molar-refractivity contribution is 5.91. The second-order valence-corrected chi connectivity index (χ2v) is 5.80. The van der Waals surface area contributed by atoms with E-state index in [4.69, 9.17) is 4.74 Å². The Morgan fingerprint density at radius 2 is 2.19 bits per heavy atom. The van der Waals surface area contributed by atoms with Gasteiger partial charge in [-0.3, -0.25) is 14.5 Å². The minimum Gasteiger partial charge on any atom is -0.444 e. The van der Waals surface area contributed by atoms with Crippen molar-refractivity contribution in [3.63, 3.8) is 0 Å². The van der Waals surface area contributed by atoms with Crippen LogP contribution in [0.2, 0.25) is 0 Å². The summed E-state index contributed by atoms with van der Waals surface area (Å²) in [5.74, 6) is -0.626. The van der Waals surface area contributed by atoms with Gasteiger partial charge in [0, 0.05) is 13.1 Å². The molecule has 1 saturated heterocycles. The Morgan fingerprint density at radius 3 is 2.76 bits per heavy atom. The van der Waals surface area contributed by atoms with Crippen LogP contribution in [0.3, 0.4) is 0 Å². The number of piperazine rings is 1. The van der Waals surface area contributed by atoms with Crippen LogP contribution >= 0.6 is 0 Å². The summed E-state index contributed by atoms with van der Waals surface area (Å²) in [6.07, 6.45) is 1.66. The van der Waals surface area contributed by atoms with Gasteiger partial charge < -0.3 is 15.4 Å². The monoisotopic (exact) mass is 297 g/mol. The van der Waals surface area contributed by atoms with Crippen molar-refractivity contribution < 1.29 is 19.1 Å². The number of rotatable bonds is 4. The van der Waals surface area contributed by atoms with E-state index in [2.05, 4.69) is 17.2 Å². The molecule has 0 bridgehead atoms. The zero-order valence-electron chi connectivity index (χ0n) is 12.8. The Labute approximate surface area is 124 Å². The van der Waals surface area contributed by atoms with E-state index in [1.54, 1.807) is 26.8 Å². The highest BCUT2D eigenvalue weighted by Crippen LogP contribution is 2.13. The summed E-state index contributed by atoms with van der Waals surface area (Å²) in [6.45, 7) is 9.10. The number of hydrogen-bond donors (Lipinski definition) is 2. The predicted molar refractivity (Wildman–Crippen MR) is 77.6 cm³/mol. The lowest BCUT2D eigenvalue weighted by Gasteiger charge is -2.35. The average molecular weight is 297 g/mol. The predicted octanol–water partition coefficient (Wildman–Crippen LogP) is 0.414. The third-order valence-electron chi connectivity index (χ3n) is 2.76. The molecule has 0 spiro atoms. The summed E-state index contributed by atoms with van der Waals surface area (Å²) >= 11 is 0. The number of hydrogen-bond acceptors (Lipinski definition) is 4. The normalized spacial score (nSPS) is 18.7. The van der Waals surface area contributed by atoms with Gasteiger partial charge in [-0.05, 0) is 27.2 Å². The second-order valence-electron chi connectivity index (χ2n) is 5.80. The fourth-order valence-electron chi connectivity index (χ4n) is 1.80. The summed E-state index contributed by atoms with van der Waals surface area (Å²) in [6, 6.07) is -0.762. The van der Waals surface area contributed by atoms with Crippen LogP contribution in [0, 0.1) is 0 Å². The molecule has 118 valence electrons. The fraction of sp³-hybridized carbons (Fsp3) is 0.643. The van der Waals surface area contributed by atoms with Gasteiger partial charge >= 0.3 is 6.09 Å². The molecule has 3 amide bonds. The quantitative estimate of drug-likeness (QED) is 0.581. The number of amides is 3. The van der Waals surface area contributed by atoms with Crippen molar-refractivity contribution in [3.8, 4) is 0 Å². The molecule has 7 heteroatoms. The van der Waals surface area contributed by atoms with Gasteiger partial charge in [-0.25, -0.2) is 4.79 Å². The average Bonchev–Trinajstić information content (AvgIpc) is 2.36. The van der Waals surface area contributed by atoms with Crippen molar-refractivity contribution in [3.05, 3.63) is 12.7 Å². The van der Waals surface area contributed by atoms with E-state index >= 15 is 0 Å². The highest BCUT2D eigenvalue weighted by atomic mass is 16.6. The number of nitrogens with zero attached hydrogens (tertiary/aromatic N) is 1. The molecule has 0 aromatic carbocycles. The SMILES string of the molecule is C=CCCNC(=O)C1CNC(=O)CN1C(=O)OC(C)(C)C. The Balaban J connectivity index is 2.74. The summed E-state index contributed by atoms with van der Waals surface area (Å²) in [7, 11) is 0. The van der Waals surface area contributed by atoms with Gasteiger partial charge in [0.2, 0.25) is 11.8 Å². The van der Waals surface area contributed by atoms with E-state index in [9.17, 15) is 14.4 Å². The molecular weight excluding hydrogens is 274 g/mol. The van der Waals surface area contributed by atoms with Crippen LogP contribution in [0.4, 0.5) is 4.79 Å². The highest BCUT2D eigenvalue weighted by Gasteiger charge is 2.37. The molecule has 1 rings (SSSR count).